The third-order valence-corrected chi connectivity index (χ3v) is 3.92. The van der Waals surface area contributed by atoms with Gasteiger partial charge in [0.15, 0.2) is 0 Å². The fourth-order valence-corrected chi connectivity index (χ4v) is 2.67. The molecule has 0 radical (unpaired) electrons. The molecule has 20 heavy (non-hydrogen) atoms. The average molecular weight is 288 g/mol. The lowest BCUT2D eigenvalue weighted by atomic mass is 10.1. The molecule has 2 N–H and O–H groups in total. The summed E-state index contributed by atoms with van der Waals surface area (Å²) in [5, 5.41) is 8.81. The van der Waals surface area contributed by atoms with Crippen molar-refractivity contribution >= 4 is 17.4 Å². The van der Waals surface area contributed by atoms with Gasteiger partial charge in [0, 0.05) is 16.3 Å². The van der Waals surface area contributed by atoms with E-state index in [0.29, 0.717) is 22.8 Å². The van der Waals surface area contributed by atoms with Gasteiger partial charge in [0.25, 0.3) is 0 Å². The Morgan fingerprint density at radius 1 is 1.35 bits per heavy atom. The van der Waals surface area contributed by atoms with E-state index in [9.17, 15) is 4.39 Å². The summed E-state index contributed by atoms with van der Waals surface area (Å²) in [6.45, 7) is 0. The van der Waals surface area contributed by atoms with E-state index in [1.54, 1.807) is 31.4 Å². The van der Waals surface area contributed by atoms with Gasteiger partial charge >= 0.3 is 0 Å². The highest BCUT2D eigenvalue weighted by Crippen LogP contribution is 2.32. The van der Waals surface area contributed by atoms with Crippen LogP contribution in [0.2, 0.25) is 0 Å². The molecule has 0 heterocycles. The first-order valence-corrected chi connectivity index (χ1v) is 6.88. The van der Waals surface area contributed by atoms with Gasteiger partial charge in [-0.1, -0.05) is 12.1 Å². The van der Waals surface area contributed by atoms with Gasteiger partial charge in [0.05, 0.1) is 12.7 Å². The number of nitrogen functional groups attached to an aromatic ring is 1. The number of benzene rings is 2. The molecule has 0 aliphatic carbocycles. The monoisotopic (exact) mass is 288 g/mol. The Morgan fingerprint density at radius 3 is 2.85 bits per heavy atom. The minimum Gasteiger partial charge on any atom is -0.497 e. The van der Waals surface area contributed by atoms with Crippen LogP contribution >= 0.6 is 11.8 Å². The zero-order valence-electron chi connectivity index (χ0n) is 10.9. The maximum atomic E-state index is 13.9. The van der Waals surface area contributed by atoms with Crippen LogP contribution < -0.4 is 10.5 Å². The number of hydrogen-bond acceptors (Lipinski definition) is 4. The van der Waals surface area contributed by atoms with Crippen molar-refractivity contribution in [2.24, 2.45) is 0 Å². The van der Waals surface area contributed by atoms with Crippen molar-refractivity contribution in [1.82, 2.24) is 0 Å². The van der Waals surface area contributed by atoms with Crippen LogP contribution in [0.5, 0.6) is 5.75 Å². The summed E-state index contributed by atoms with van der Waals surface area (Å²) in [7, 11) is 1.58. The lowest BCUT2D eigenvalue weighted by Crippen LogP contribution is -1.94. The van der Waals surface area contributed by atoms with Crippen molar-refractivity contribution in [2.75, 3.05) is 12.8 Å². The summed E-state index contributed by atoms with van der Waals surface area (Å²) >= 11 is 1.41. The Bertz CT molecular complexity index is 667. The third kappa shape index (κ3) is 3.03. The fraction of sp³-hybridized carbons (Fsp3) is 0.133. The molecule has 2 aromatic rings. The second kappa shape index (κ2) is 6.31. The van der Waals surface area contributed by atoms with Gasteiger partial charge in [0.2, 0.25) is 0 Å². The van der Waals surface area contributed by atoms with E-state index >= 15 is 0 Å². The van der Waals surface area contributed by atoms with E-state index in [-0.39, 0.29) is 5.56 Å². The second-order valence-corrected chi connectivity index (χ2v) is 5.10. The zero-order chi connectivity index (χ0) is 14.5. The molecular weight excluding hydrogens is 275 g/mol. The highest BCUT2D eigenvalue weighted by molar-refractivity contribution is 7.98. The molecule has 3 nitrogen and oxygen atoms in total. The summed E-state index contributed by atoms with van der Waals surface area (Å²) < 4.78 is 19.1. The molecule has 0 spiro atoms. The summed E-state index contributed by atoms with van der Waals surface area (Å²) in [5.74, 6) is 0.635. The molecule has 5 heteroatoms. The molecule has 0 aromatic heterocycles. The smallest absolute Gasteiger partial charge is 0.144 e. The normalized spacial score (nSPS) is 10.1. The maximum absolute atomic E-state index is 13.9. The number of thioether (sulfide) groups is 1. The van der Waals surface area contributed by atoms with Crippen molar-refractivity contribution in [3.63, 3.8) is 0 Å². The van der Waals surface area contributed by atoms with Crippen molar-refractivity contribution in [2.45, 2.75) is 10.6 Å². The summed E-state index contributed by atoms with van der Waals surface area (Å²) in [6, 6.07) is 12.0. The van der Waals surface area contributed by atoms with E-state index in [4.69, 9.17) is 15.7 Å². The van der Waals surface area contributed by atoms with Crippen LogP contribution in [0.25, 0.3) is 0 Å². The van der Waals surface area contributed by atoms with E-state index in [1.807, 2.05) is 12.1 Å². The Balaban J connectivity index is 2.19. The van der Waals surface area contributed by atoms with Gasteiger partial charge in [-0.05, 0) is 29.8 Å². The number of halogens is 1. The average Bonchev–Trinajstić information content (AvgIpc) is 2.47. The van der Waals surface area contributed by atoms with Crippen LogP contribution in [-0.4, -0.2) is 7.11 Å². The van der Waals surface area contributed by atoms with Crippen LogP contribution in [0.3, 0.4) is 0 Å². The molecule has 2 rings (SSSR count). The van der Waals surface area contributed by atoms with E-state index < -0.39 is 5.82 Å². The van der Waals surface area contributed by atoms with Gasteiger partial charge in [-0.25, -0.2) is 4.39 Å². The summed E-state index contributed by atoms with van der Waals surface area (Å²) in [4.78, 5) is 0.825. The van der Waals surface area contributed by atoms with Crippen LogP contribution in [0, 0.1) is 17.1 Å². The van der Waals surface area contributed by atoms with E-state index in [2.05, 4.69) is 0 Å². The number of nitrogens with two attached hydrogens (primary N) is 1. The molecule has 0 bridgehead atoms. The topological polar surface area (TPSA) is 59.0 Å². The first kappa shape index (κ1) is 14.2. The molecule has 0 atom stereocenters. The minimum absolute atomic E-state index is 0.0571. The SMILES string of the molecule is COc1ccc(N)c(SCc2cccc(C#N)c2F)c1. The van der Waals surface area contributed by atoms with Crippen LogP contribution in [0.15, 0.2) is 41.3 Å². The first-order chi connectivity index (χ1) is 9.65. The number of nitrogens with zero attached hydrogens (tertiary/aromatic N) is 1. The van der Waals surface area contributed by atoms with Gasteiger partial charge < -0.3 is 10.5 Å². The molecule has 2 aromatic carbocycles. The molecule has 102 valence electrons. The molecule has 0 unspecified atom stereocenters. The predicted octanol–water partition coefficient (Wildman–Crippen LogP) is 3.58. The largest absolute Gasteiger partial charge is 0.497 e. The fourth-order valence-electron chi connectivity index (χ4n) is 1.70. The quantitative estimate of drug-likeness (QED) is 0.690. The molecular formula is C15H13FN2OS. The third-order valence-electron chi connectivity index (χ3n) is 2.80. The Kier molecular flexibility index (Phi) is 4.49. The van der Waals surface area contributed by atoms with Gasteiger partial charge in [-0.15, -0.1) is 11.8 Å². The maximum Gasteiger partial charge on any atom is 0.144 e. The number of hydrogen-bond donors (Lipinski definition) is 1. The number of anilines is 1. The minimum atomic E-state index is -0.469. The lowest BCUT2D eigenvalue weighted by molar-refractivity contribution is 0.414. The molecule has 0 saturated carbocycles. The van der Waals surface area contributed by atoms with Crippen LogP contribution in [0.4, 0.5) is 10.1 Å². The van der Waals surface area contributed by atoms with Crippen molar-refractivity contribution < 1.29 is 9.13 Å². The number of methoxy groups -OCH3 is 1. The molecule has 0 aliphatic heterocycles. The Hall–Kier alpha value is -2.19. The summed E-state index contributed by atoms with van der Waals surface area (Å²) in [6.07, 6.45) is 0. The number of ether oxygens (including phenoxy) is 1. The first-order valence-electron chi connectivity index (χ1n) is 5.89. The Labute approximate surface area is 121 Å². The van der Waals surface area contributed by atoms with Gasteiger partial charge in [-0.2, -0.15) is 5.26 Å². The number of nitriles is 1. The van der Waals surface area contributed by atoms with E-state index in [1.165, 1.54) is 17.8 Å². The van der Waals surface area contributed by atoms with E-state index in [0.717, 1.165) is 4.90 Å². The standard InChI is InChI=1S/C15H13FN2OS/c1-19-12-5-6-13(18)14(7-12)20-9-11-4-2-3-10(8-17)15(11)16/h2-7H,9,18H2,1H3. The number of rotatable bonds is 4. The summed E-state index contributed by atoms with van der Waals surface area (Å²) in [5.41, 5.74) is 7.04. The zero-order valence-corrected chi connectivity index (χ0v) is 11.7. The highest BCUT2D eigenvalue weighted by atomic mass is 32.2. The molecule has 0 amide bonds. The van der Waals surface area contributed by atoms with Gasteiger partial charge in [0.1, 0.15) is 17.6 Å². The van der Waals surface area contributed by atoms with Crippen molar-refractivity contribution in [3.8, 4) is 11.8 Å². The van der Waals surface area contributed by atoms with Crippen LogP contribution in [-0.2, 0) is 5.75 Å². The molecule has 0 saturated heterocycles. The predicted molar refractivity (Wildman–Crippen MR) is 78.1 cm³/mol. The van der Waals surface area contributed by atoms with Crippen molar-refractivity contribution in [1.29, 1.82) is 5.26 Å². The second-order valence-electron chi connectivity index (χ2n) is 4.08. The lowest BCUT2D eigenvalue weighted by Gasteiger charge is -2.08. The molecule has 0 aliphatic rings. The molecule has 0 fully saturated rings. The van der Waals surface area contributed by atoms with Crippen molar-refractivity contribution in [3.05, 3.63) is 53.3 Å². The van der Waals surface area contributed by atoms with Gasteiger partial charge in [-0.3, -0.25) is 0 Å². The Morgan fingerprint density at radius 2 is 2.15 bits per heavy atom. The van der Waals surface area contributed by atoms with Crippen LogP contribution in [0.1, 0.15) is 11.1 Å². The highest BCUT2D eigenvalue weighted by Gasteiger charge is 2.09.